The monoisotopic (exact) mass is 387 g/mol. The first-order chi connectivity index (χ1) is 13.4. The number of rotatable bonds is 3. The van der Waals surface area contributed by atoms with Gasteiger partial charge < -0.3 is 24.6 Å². The van der Waals surface area contributed by atoms with Crippen LogP contribution in [0.3, 0.4) is 0 Å². The van der Waals surface area contributed by atoms with E-state index in [1.54, 1.807) is 25.5 Å². The summed E-state index contributed by atoms with van der Waals surface area (Å²) in [5.74, 6) is 0.977. The first-order valence-corrected chi connectivity index (χ1v) is 9.50. The molecule has 28 heavy (non-hydrogen) atoms. The number of aliphatic hydroxyl groups excluding tert-OH is 1. The predicted molar refractivity (Wildman–Crippen MR) is 99.9 cm³/mol. The number of ether oxygens (including phenoxy) is 1. The summed E-state index contributed by atoms with van der Waals surface area (Å²) >= 11 is 0. The average molecular weight is 387 g/mol. The van der Waals surface area contributed by atoms with E-state index >= 15 is 0 Å². The summed E-state index contributed by atoms with van der Waals surface area (Å²) in [6.07, 6.45) is 7.43. The van der Waals surface area contributed by atoms with Crippen molar-refractivity contribution in [1.82, 2.24) is 20.4 Å². The lowest BCUT2D eigenvalue weighted by molar-refractivity contribution is -0.195. The van der Waals surface area contributed by atoms with Gasteiger partial charge in [0.25, 0.3) is 5.91 Å². The van der Waals surface area contributed by atoms with E-state index < -0.39 is 17.2 Å². The third kappa shape index (κ3) is 3.24. The molecule has 4 heterocycles. The van der Waals surface area contributed by atoms with Gasteiger partial charge in [-0.2, -0.15) is 0 Å². The molecule has 1 spiro atoms. The molecule has 150 valence electrons. The molecular formula is C19H25N5O4. The van der Waals surface area contributed by atoms with Crippen molar-refractivity contribution >= 4 is 11.7 Å². The van der Waals surface area contributed by atoms with Crippen LogP contribution in [0.2, 0.25) is 0 Å². The van der Waals surface area contributed by atoms with Crippen molar-refractivity contribution < 1.29 is 19.2 Å². The highest BCUT2D eigenvalue weighted by molar-refractivity contribution is 5.95. The third-order valence-electron chi connectivity index (χ3n) is 5.99. The Labute approximate surface area is 163 Å². The number of aryl methyl sites for hydroxylation is 1. The SMILES string of the molecule is Cc1oncc1C(=O)N[C@@]1(C)CCOC2(CCN(c3cnccn3)CC2)[C@@H]1O. The molecule has 2 aliphatic heterocycles. The molecule has 0 aromatic carbocycles. The molecule has 2 saturated heterocycles. The van der Waals surface area contributed by atoms with E-state index in [0.29, 0.717) is 50.3 Å². The van der Waals surface area contributed by atoms with Gasteiger partial charge in [-0.1, -0.05) is 5.16 Å². The van der Waals surface area contributed by atoms with E-state index in [0.717, 1.165) is 5.82 Å². The summed E-state index contributed by atoms with van der Waals surface area (Å²) in [7, 11) is 0. The van der Waals surface area contributed by atoms with Crippen LogP contribution in [-0.4, -0.2) is 63.1 Å². The standard InChI is InChI=1S/C19H25N5O4/c1-13-14(11-22-28-13)16(25)23-18(2)5-10-27-19(17(18)26)3-8-24(9-4-19)15-12-20-6-7-21-15/h6-7,11-12,17,26H,3-5,8-10H2,1-2H3,(H,23,25)/t17-,18+/m1/s1. The van der Waals surface area contributed by atoms with Crippen LogP contribution in [-0.2, 0) is 4.74 Å². The van der Waals surface area contributed by atoms with Crippen LogP contribution >= 0.6 is 0 Å². The lowest BCUT2D eigenvalue weighted by Gasteiger charge is -2.53. The number of aromatic nitrogens is 3. The van der Waals surface area contributed by atoms with Gasteiger partial charge in [0, 0.05) is 32.1 Å². The molecule has 0 bridgehead atoms. The molecule has 2 N–H and O–H groups in total. The number of hydrogen-bond acceptors (Lipinski definition) is 8. The Bertz CT molecular complexity index is 834. The summed E-state index contributed by atoms with van der Waals surface area (Å²) in [6.45, 7) is 5.43. The number of carbonyl (C=O) groups excluding carboxylic acids is 1. The van der Waals surface area contributed by atoms with Gasteiger partial charge in [-0.25, -0.2) is 4.98 Å². The van der Waals surface area contributed by atoms with Gasteiger partial charge in [-0.3, -0.25) is 9.78 Å². The van der Waals surface area contributed by atoms with Gasteiger partial charge in [0.05, 0.1) is 23.5 Å². The Kier molecular flexibility index (Phi) is 4.80. The van der Waals surface area contributed by atoms with Gasteiger partial charge in [-0.15, -0.1) is 0 Å². The number of carbonyl (C=O) groups is 1. The van der Waals surface area contributed by atoms with E-state index in [4.69, 9.17) is 9.26 Å². The van der Waals surface area contributed by atoms with Crippen molar-refractivity contribution in [2.24, 2.45) is 0 Å². The summed E-state index contributed by atoms with van der Waals surface area (Å²) in [6, 6.07) is 0. The van der Waals surface area contributed by atoms with Crippen molar-refractivity contribution in [3.8, 4) is 0 Å². The van der Waals surface area contributed by atoms with Crippen molar-refractivity contribution in [3.63, 3.8) is 0 Å². The molecule has 1 amide bonds. The fourth-order valence-electron chi connectivity index (χ4n) is 4.22. The molecule has 9 nitrogen and oxygen atoms in total. The van der Waals surface area contributed by atoms with E-state index in [2.05, 4.69) is 25.3 Å². The summed E-state index contributed by atoms with van der Waals surface area (Å²) in [5.41, 5.74) is -1.11. The van der Waals surface area contributed by atoms with Gasteiger partial charge in [0.1, 0.15) is 23.2 Å². The maximum Gasteiger partial charge on any atom is 0.257 e. The Hall–Kier alpha value is -2.52. The van der Waals surface area contributed by atoms with E-state index in [9.17, 15) is 9.90 Å². The van der Waals surface area contributed by atoms with Gasteiger partial charge in [0.2, 0.25) is 0 Å². The average Bonchev–Trinajstić information content (AvgIpc) is 3.14. The molecule has 0 unspecified atom stereocenters. The number of piperidine rings is 1. The summed E-state index contributed by atoms with van der Waals surface area (Å²) < 4.78 is 11.1. The molecule has 4 rings (SSSR count). The largest absolute Gasteiger partial charge is 0.388 e. The fraction of sp³-hybridized carbons (Fsp3) is 0.579. The van der Waals surface area contributed by atoms with E-state index in [-0.39, 0.29) is 5.91 Å². The molecule has 0 aliphatic carbocycles. The highest BCUT2D eigenvalue weighted by atomic mass is 16.5. The smallest absolute Gasteiger partial charge is 0.257 e. The Morgan fingerprint density at radius 2 is 2.07 bits per heavy atom. The molecule has 2 atom stereocenters. The second-order valence-electron chi connectivity index (χ2n) is 7.78. The maximum absolute atomic E-state index is 12.7. The predicted octanol–water partition coefficient (Wildman–Crippen LogP) is 1.08. The second-order valence-corrected chi connectivity index (χ2v) is 7.78. The van der Waals surface area contributed by atoms with Crippen LogP contribution < -0.4 is 10.2 Å². The fourth-order valence-corrected chi connectivity index (χ4v) is 4.22. The van der Waals surface area contributed by atoms with Gasteiger partial charge >= 0.3 is 0 Å². The molecule has 2 aliphatic rings. The molecule has 2 aromatic rings. The molecule has 9 heteroatoms. The zero-order valence-electron chi connectivity index (χ0n) is 16.1. The summed E-state index contributed by atoms with van der Waals surface area (Å²) in [5, 5.41) is 17.9. The molecule has 0 saturated carbocycles. The topological polar surface area (TPSA) is 114 Å². The number of nitrogens with one attached hydrogen (secondary N) is 1. The van der Waals surface area contributed by atoms with Crippen molar-refractivity contribution in [2.45, 2.75) is 50.4 Å². The van der Waals surface area contributed by atoms with Crippen molar-refractivity contribution in [2.75, 3.05) is 24.6 Å². The molecular weight excluding hydrogens is 362 g/mol. The van der Waals surface area contributed by atoms with Crippen LogP contribution in [0.4, 0.5) is 5.82 Å². The second kappa shape index (κ2) is 7.14. The third-order valence-corrected chi connectivity index (χ3v) is 5.99. The number of amides is 1. The highest BCUT2D eigenvalue weighted by Crippen LogP contribution is 2.40. The van der Waals surface area contributed by atoms with Crippen LogP contribution in [0, 0.1) is 6.92 Å². The quantitative estimate of drug-likeness (QED) is 0.804. The highest BCUT2D eigenvalue weighted by Gasteiger charge is 2.54. The van der Waals surface area contributed by atoms with E-state index in [1.807, 2.05) is 6.92 Å². The zero-order chi connectivity index (χ0) is 19.8. The van der Waals surface area contributed by atoms with Crippen molar-refractivity contribution in [3.05, 3.63) is 36.1 Å². The minimum atomic E-state index is -0.832. The van der Waals surface area contributed by atoms with Crippen LogP contribution in [0.1, 0.15) is 42.3 Å². The number of aliphatic hydroxyl groups is 1. The normalized spacial score (nSPS) is 27.0. The van der Waals surface area contributed by atoms with Crippen LogP contribution in [0.5, 0.6) is 0 Å². The lowest BCUT2D eigenvalue weighted by Crippen LogP contribution is -2.69. The van der Waals surface area contributed by atoms with Gasteiger partial charge in [0.15, 0.2) is 0 Å². The first kappa shape index (κ1) is 18.8. The number of hydrogen-bond donors (Lipinski definition) is 2. The minimum absolute atomic E-state index is 0.297. The molecule has 0 radical (unpaired) electrons. The maximum atomic E-state index is 12.7. The minimum Gasteiger partial charge on any atom is -0.388 e. The Morgan fingerprint density at radius 1 is 1.29 bits per heavy atom. The van der Waals surface area contributed by atoms with Crippen LogP contribution in [0.15, 0.2) is 29.3 Å². The first-order valence-electron chi connectivity index (χ1n) is 9.50. The van der Waals surface area contributed by atoms with Crippen LogP contribution in [0.25, 0.3) is 0 Å². The Morgan fingerprint density at radius 3 is 2.71 bits per heavy atom. The zero-order valence-corrected chi connectivity index (χ0v) is 16.1. The number of anilines is 1. The molecule has 2 fully saturated rings. The Balaban J connectivity index is 1.48. The van der Waals surface area contributed by atoms with Crippen molar-refractivity contribution in [1.29, 1.82) is 0 Å². The molecule has 2 aromatic heterocycles. The number of nitrogens with zero attached hydrogens (tertiary/aromatic N) is 4. The van der Waals surface area contributed by atoms with E-state index in [1.165, 1.54) is 6.20 Å². The van der Waals surface area contributed by atoms with Gasteiger partial charge in [-0.05, 0) is 33.1 Å². The lowest BCUT2D eigenvalue weighted by atomic mass is 9.73. The summed E-state index contributed by atoms with van der Waals surface area (Å²) in [4.78, 5) is 23.3.